The molecule has 0 aliphatic carbocycles. The third-order valence-electron chi connectivity index (χ3n) is 3.57. The van der Waals surface area contributed by atoms with Gasteiger partial charge in [-0.1, -0.05) is 57.1 Å². The molecule has 0 heteroatoms. The fourth-order valence-corrected chi connectivity index (χ4v) is 1.64. The van der Waals surface area contributed by atoms with Crippen molar-refractivity contribution >= 4 is 0 Å². The van der Waals surface area contributed by atoms with E-state index in [1.54, 1.807) is 0 Å². The Hall–Kier alpha value is -0.780. The maximum Gasteiger partial charge on any atom is -0.0107 e. The lowest BCUT2D eigenvalue weighted by Crippen LogP contribution is -2.13. The second kappa shape index (κ2) is 6.73. The minimum absolute atomic E-state index is 0.282. The van der Waals surface area contributed by atoms with E-state index in [1.807, 2.05) is 0 Å². The predicted molar refractivity (Wildman–Crippen MR) is 75.6 cm³/mol. The van der Waals surface area contributed by atoms with Crippen LogP contribution in [0.25, 0.3) is 0 Å². The maximum atomic E-state index is 2.33. The van der Waals surface area contributed by atoms with Crippen molar-refractivity contribution in [1.29, 1.82) is 0 Å². The summed E-state index contributed by atoms with van der Waals surface area (Å²) >= 11 is 0. The summed E-state index contributed by atoms with van der Waals surface area (Å²) in [5.74, 6) is 0. The number of rotatable bonds is 5. The number of allylic oxidation sites excluding steroid dienone is 6. The highest BCUT2D eigenvalue weighted by Crippen LogP contribution is 2.34. The van der Waals surface area contributed by atoms with Crippen molar-refractivity contribution < 1.29 is 0 Å². The van der Waals surface area contributed by atoms with E-state index in [1.165, 1.54) is 23.1 Å². The van der Waals surface area contributed by atoms with E-state index in [-0.39, 0.29) is 5.41 Å². The van der Waals surface area contributed by atoms with E-state index in [4.69, 9.17) is 0 Å². The molecule has 0 aromatic carbocycles. The molecule has 0 nitrogen and oxygen atoms in total. The predicted octanol–water partition coefficient (Wildman–Crippen LogP) is 5.67. The lowest BCUT2D eigenvalue weighted by Gasteiger charge is -2.27. The van der Waals surface area contributed by atoms with E-state index in [0.717, 1.165) is 6.42 Å². The minimum Gasteiger partial charge on any atom is -0.0847 e. The molecule has 0 unspecified atom stereocenters. The van der Waals surface area contributed by atoms with Crippen LogP contribution in [-0.4, -0.2) is 0 Å². The van der Waals surface area contributed by atoms with Gasteiger partial charge in [-0.15, -0.1) is 0 Å². The zero-order chi connectivity index (χ0) is 12.8. The van der Waals surface area contributed by atoms with E-state index in [0.29, 0.717) is 0 Å². The van der Waals surface area contributed by atoms with Crippen molar-refractivity contribution in [2.24, 2.45) is 5.41 Å². The molecular formula is C16H28. The smallest absolute Gasteiger partial charge is 0.0107 e. The molecule has 0 rings (SSSR count). The summed E-state index contributed by atoms with van der Waals surface area (Å²) in [5, 5.41) is 0. The molecule has 0 atom stereocenters. The molecule has 0 fully saturated rings. The minimum atomic E-state index is 0.282. The van der Waals surface area contributed by atoms with Crippen LogP contribution in [0.3, 0.4) is 0 Å². The second-order valence-electron chi connectivity index (χ2n) is 5.15. The summed E-state index contributed by atoms with van der Waals surface area (Å²) in [7, 11) is 0. The highest BCUT2D eigenvalue weighted by atomic mass is 14.2. The highest BCUT2D eigenvalue weighted by molar-refractivity contribution is 5.34. The van der Waals surface area contributed by atoms with Crippen LogP contribution in [0.4, 0.5) is 0 Å². The first-order valence-electron chi connectivity index (χ1n) is 6.40. The van der Waals surface area contributed by atoms with Gasteiger partial charge in [-0.3, -0.25) is 0 Å². The molecule has 0 heterocycles. The van der Waals surface area contributed by atoms with E-state index < -0.39 is 0 Å². The molecule has 0 radical (unpaired) electrons. The van der Waals surface area contributed by atoms with Crippen LogP contribution < -0.4 is 0 Å². The summed E-state index contributed by atoms with van der Waals surface area (Å²) in [6.45, 7) is 15.6. The molecule has 0 aliphatic rings. The molecule has 0 saturated carbocycles. The van der Waals surface area contributed by atoms with Crippen LogP contribution in [-0.2, 0) is 0 Å². The molecule has 0 bridgehead atoms. The van der Waals surface area contributed by atoms with Gasteiger partial charge in [0.25, 0.3) is 0 Å². The van der Waals surface area contributed by atoms with Crippen molar-refractivity contribution in [3.8, 4) is 0 Å². The van der Waals surface area contributed by atoms with Gasteiger partial charge in [-0.2, -0.15) is 0 Å². The van der Waals surface area contributed by atoms with Crippen molar-refractivity contribution in [3.05, 3.63) is 34.9 Å². The molecule has 92 valence electrons. The van der Waals surface area contributed by atoms with Crippen LogP contribution >= 0.6 is 0 Å². The largest absolute Gasteiger partial charge is 0.0847 e. The van der Waals surface area contributed by atoms with E-state index in [9.17, 15) is 0 Å². The molecule has 0 aromatic rings. The maximum absolute atomic E-state index is 2.33. The molecule has 0 aliphatic heterocycles. The molecule has 0 aromatic heterocycles. The average molecular weight is 220 g/mol. The van der Waals surface area contributed by atoms with E-state index >= 15 is 0 Å². The van der Waals surface area contributed by atoms with Gasteiger partial charge in [-0.25, -0.2) is 0 Å². The van der Waals surface area contributed by atoms with Crippen molar-refractivity contribution in [2.45, 2.75) is 61.3 Å². The number of hydrogen-bond donors (Lipinski definition) is 0. The Balaban J connectivity index is 5.23. The van der Waals surface area contributed by atoms with Gasteiger partial charge in [0.1, 0.15) is 0 Å². The van der Waals surface area contributed by atoms with Crippen molar-refractivity contribution in [3.63, 3.8) is 0 Å². The van der Waals surface area contributed by atoms with Crippen LogP contribution in [0, 0.1) is 5.41 Å². The summed E-state index contributed by atoms with van der Waals surface area (Å²) in [4.78, 5) is 0. The monoisotopic (exact) mass is 220 g/mol. The van der Waals surface area contributed by atoms with Gasteiger partial charge in [0.05, 0.1) is 0 Å². The fraction of sp³-hybridized carbons (Fsp3) is 0.625. The van der Waals surface area contributed by atoms with Gasteiger partial charge >= 0.3 is 0 Å². The van der Waals surface area contributed by atoms with Crippen LogP contribution in [0.2, 0.25) is 0 Å². The third kappa shape index (κ3) is 4.38. The van der Waals surface area contributed by atoms with Crippen molar-refractivity contribution in [1.82, 2.24) is 0 Å². The summed E-state index contributed by atoms with van der Waals surface area (Å²) in [5.41, 5.74) is 4.61. The first-order chi connectivity index (χ1) is 7.38. The normalized spacial score (nSPS) is 15.6. The zero-order valence-corrected chi connectivity index (χ0v) is 12.1. The Labute approximate surface area is 102 Å². The summed E-state index contributed by atoms with van der Waals surface area (Å²) in [6.07, 6.45) is 8.99. The summed E-state index contributed by atoms with van der Waals surface area (Å²) in [6, 6.07) is 0. The van der Waals surface area contributed by atoms with Gasteiger partial charge in [-0.05, 0) is 44.6 Å². The Morgan fingerprint density at radius 1 is 1.06 bits per heavy atom. The molecule has 0 amide bonds. The molecule has 0 spiro atoms. The Bertz CT molecular complexity index is 298. The zero-order valence-electron chi connectivity index (χ0n) is 12.1. The van der Waals surface area contributed by atoms with Crippen LogP contribution in [0.1, 0.15) is 61.3 Å². The Kier molecular flexibility index (Phi) is 6.40. The van der Waals surface area contributed by atoms with Gasteiger partial charge in [0.2, 0.25) is 0 Å². The standard InChI is InChI=1S/C16H28/c1-8-13(4)11-12-15(14(5)9-2)16(6,7)10-3/h8,11-12H,9-10H2,1-7H3/b12-11+,13-8+,15-14-. The van der Waals surface area contributed by atoms with Crippen LogP contribution in [0.15, 0.2) is 34.9 Å². The fourth-order valence-electron chi connectivity index (χ4n) is 1.64. The SMILES string of the molecule is C/C=C(C)/C=C/C(=C(\C)CC)C(C)(C)CC. The van der Waals surface area contributed by atoms with Gasteiger partial charge in [0, 0.05) is 0 Å². The Morgan fingerprint density at radius 3 is 2.00 bits per heavy atom. The van der Waals surface area contributed by atoms with Gasteiger partial charge in [0.15, 0.2) is 0 Å². The Morgan fingerprint density at radius 2 is 1.62 bits per heavy atom. The molecule has 0 saturated heterocycles. The lowest BCUT2D eigenvalue weighted by atomic mass is 9.78. The lowest BCUT2D eigenvalue weighted by molar-refractivity contribution is 0.434. The second-order valence-corrected chi connectivity index (χ2v) is 5.15. The third-order valence-corrected chi connectivity index (χ3v) is 3.57. The molecule has 16 heavy (non-hydrogen) atoms. The van der Waals surface area contributed by atoms with E-state index in [2.05, 4.69) is 66.7 Å². The van der Waals surface area contributed by atoms with Crippen LogP contribution in [0.5, 0.6) is 0 Å². The summed E-state index contributed by atoms with van der Waals surface area (Å²) < 4.78 is 0. The molecular weight excluding hydrogens is 192 g/mol. The quantitative estimate of drug-likeness (QED) is 0.523. The topological polar surface area (TPSA) is 0 Å². The number of hydrogen-bond acceptors (Lipinski definition) is 0. The van der Waals surface area contributed by atoms with Gasteiger partial charge < -0.3 is 0 Å². The first kappa shape index (κ1) is 15.2. The molecule has 0 N–H and O–H groups in total. The highest BCUT2D eigenvalue weighted by Gasteiger charge is 2.20. The first-order valence-corrected chi connectivity index (χ1v) is 6.40. The van der Waals surface area contributed by atoms with Crippen molar-refractivity contribution in [2.75, 3.05) is 0 Å². The average Bonchev–Trinajstić information content (AvgIpc) is 2.28.